The zero-order valence-electron chi connectivity index (χ0n) is 14.9. The summed E-state index contributed by atoms with van der Waals surface area (Å²) in [7, 11) is -3.49. The summed E-state index contributed by atoms with van der Waals surface area (Å²) in [5.74, 6) is 0.104. The molecular weight excluding hydrogens is 358 g/mol. The molecule has 2 heterocycles. The first-order valence-corrected chi connectivity index (χ1v) is 10.6. The number of nitrogens with zero attached hydrogens (tertiary/aromatic N) is 2. The molecule has 1 aromatic rings. The first-order chi connectivity index (χ1) is 12.4. The number of carbonyl (C=O) groups is 1. The highest BCUT2D eigenvalue weighted by molar-refractivity contribution is 7.92. The molecule has 0 bridgehead atoms. The highest BCUT2D eigenvalue weighted by Crippen LogP contribution is 2.34. The SMILES string of the molecule is CS(=O)(=O)N1C[C@@H](C(=O)NCCCN2CCOCC2)Oc2ccccc21. The molecule has 0 unspecified atom stereocenters. The van der Waals surface area contributed by atoms with Crippen molar-refractivity contribution in [2.75, 3.05) is 56.5 Å². The molecule has 3 rings (SSSR count). The predicted molar refractivity (Wildman–Crippen MR) is 97.9 cm³/mol. The van der Waals surface area contributed by atoms with E-state index in [4.69, 9.17) is 9.47 Å². The molecule has 1 atom stereocenters. The molecule has 144 valence electrons. The van der Waals surface area contributed by atoms with Crippen molar-refractivity contribution in [2.45, 2.75) is 12.5 Å². The summed E-state index contributed by atoms with van der Waals surface area (Å²) >= 11 is 0. The number of amides is 1. The maximum atomic E-state index is 12.4. The van der Waals surface area contributed by atoms with Crippen LogP contribution in [0.4, 0.5) is 5.69 Å². The third-order valence-electron chi connectivity index (χ3n) is 4.48. The number of benzene rings is 1. The third-order valence-corrected chi connectivity index (χ3v) is 5.63. The molecule has 0 aromatic heterocycles. The lowest BCUT2D eigenvalue weighted by Gasteiger charge is -2.33. The molecule has 0 aliphatic carbocycles. The number of hydrogen-bond acceptors (Lipinski definition) is 6. The van der Waals surface area contributed by atoms with Crippen LogP contribution in [0.2, 0.25) is 0 Å². The molecule has 0 spiro atoms. The average Bonchev–Trinajstić information content (AvgIpc) is 2.64. The van der Waals surface area contributed by atoms with Crippen molar-refractivity contribution in [3.63, 3.8) is 0 Å². The first-order valence-electron chi connectivity index (χ1n) is 8.76. The molecule has 26 heavy (non-hydrogen) atoms. The summed E-state index contributed by atoms with van der Waals surface area (Å²) in [6, 6.07) is 6.84. The van der Waals surface area contributed by atoms with Gasteiger partial charge >= 0.3 is 0 Å². The largest absolute Gasteiger partial charge is 0.476 e. The summed E-state index contributed by atoms with van der Waals surface area (Å²) in [5, 5.41) is 2.85. The van der Waals surface area contributed by atoms with Gasteiger partial charge in [0.1, 0.15) is 5.75 Å². The number of nitrogens with one attached hydrogen (secondary N) is 1. The van der Waals surface area contributed by atoms with Gasteiger partial charge in [-0.05, 0) is 25.1 Å². The Kier molecular flexibility index (Phi) is 6.00. The number of anilines is 1. The van der Waals surface area contributed by atoms with Crippen LogP contribution in [0, 0.1) is 0 Å². The normalized spacial score (nSPS) is 21.0. The highest BCUT2D eigenvalue weighted by atomic mass is 32.2. The molecule has 1 N–H and O–H groups in total. The fourth-order valence-electron chi connectivity index (χ4n) is 3.11. The molecule has 1 amide bonds. The molecule has 1 aromatic carbocycles. The van der Waals surface area contributed by atoms with Crippen LogP contribution in [0.5, 0.6) is 5.75 Å². The fourth-order valence-corrected chi connectivity index (χ4v) is 4.02. The maximum Gasteiger partial charge on any atom is 0.263 e. The van der Waals surface area contributed by atoms with E-state index >= 15 is 0 Å². The Hall–Kier alpha value is -1.84. The van der Waals surface area contributed by atoms with Gasteiger partial charge in [0.15, 0.2) is 6.10 Å². The van der Waals surface area contributed by atoms with Gasteiger partial charge in [0.05, 0.1) is 31.7 Å². The Labute approximate surface area is 154 Å². The van der Waals surface area contributed by atoms with Crippen LogP contribution in [-0.2, 0) is 19.6 Å². The summed E-state index contributed by atoms with van der Waals surface area (Å²) in [5.41, 5.74) is 0.464. The van der Waals surface area contributed by atoms with E-state index < -0.39 is 16.1 Å². The summed E-state index contributed by atoms with van der Waals surface area (Å²) in [6.45, 7) is 4.74. The molecule has 2 aliphatic heterocycles. The van der Waals surface area contributed by atoms with Gasteiger partial charge in [-0.3, -0.25) is 14.0 Å². The summed E-state index contributed by atoms with van der Waals surface area (Å²) < 4.78 is 36.4. The summed E-state index contributed by atoms with van der Waals surface area (Å²) in [4.78, 5) is 14.7. The van der Waals surface area contributed by atoms with Crippen molar-refractivity contribution in [3.05, 3.63) is 24.3 Å². The second-order valence-corrected chi connectivity index (χ2v) is 8.37. The van der Waals surface area contributed by atoms with Crippen LogP contribution in [0.15, 0.2) is 24.3 Å². The van der Waals surface area contributed by atoms with Crippen LogP contribution in [0.1, 0.15) is 6.42 Å². The van der Waals surface area contributed by atoms with Crippen LogP contribution >= 0.6 is 0 Å². The van der Waals surface area contributed by atoms with Crippen molar-refractivity contribution in [1.29, 1.82) is 0 Å². The molecule has 9 heteroatoms. The Bertz CT molecular complexity index is 734. The summed E-state index contributed by atoms with van der Waals surface area (Å²) in [6.07, 6.45) is 1.10. The lowest BCUT2D eigenvalue weighted by atomic mass is 10.2. The average molecular weight is 383 g/mol. The number of carbonyl (C=O) groups excluding carboxylic acids is 1. The number of rotatable bonds is 6. The minimum atomic E-state index is -3.49. The van der Waals surface area contributed by atoms with Crippen molar-refractivity contribution in [3.8, 4) is 5.75 Å². The van der Waals surface area contributed by atoms with E-state index in [1.54, 1.807) is 24.3 Å². The Balaban J connectivity index is 1.54. The molecular formula is C17H25N3O5S. The Morgan fingerprint density at radius 1 is 1.27 bits per heavy atom. The monoisotopic (exact) mass is 383 g/mol. The zero-order valence-corrected chi connectivity index (χ0v) is 15.7. The van der Waals surface area contributed by atoms with E-state index in [2.05, 4.69) is 10.2 Å². The van der Waals surface area contributed by atoms with E-state index in [1.807, 2.05) is 0 Å². The molecule has 1 saturated heterocycles. The molecule has 0 radical (unpaired) electrons. The van der Waals surface area contributed by atoms with E-state index in [0.717, 1.165) is 45.5 Å². The number of ether oxygens (including phenoxy) is 2. The van der Waals surface area contributed by atoms with Gasteiger partial charge in [0.25, 0.3) is 5.91 Å². The van der Waals surface area contributed by atoms with Crippen molar-refractivity contribution in [1.82, 2.24) is 10.2 Å². The smallest absolute Gasteiger partial charge is 0.263 e. The van der Waals surface area contributed by atoms with Crippen LogP contribution in [-0.4, -0.2) is 77.5 Å². The van der Waals surface area contributed by atoms with Gasteiger partial charge < -0.3 is 14.8 Å². The zero-order chi connectivity index (χ0) is 18.6. The second kappa shape index (κ2) is 8.24. The van der Waals surface area contributed by atoms with Gasteiger partial charge in [-0.1, -0.05) is 12.1 Å². The topological polar surface area (TPSA) is 88.2 Å². The molecule has 0 saturated carbocycles. The third kappa shape index (κ3) is 4.66. The number of fused-ring (bicyclic) bond motifs is 1. The minimum absolute atomic E-state index is 0.0227. The van der Waals surface area contributed by atoms with Crippen molar-refractivity contribution < 1.29 is 22.7 Å². The lowest BCUT2D eigenvalue weighted by Crippen LogP contribution is -2.50. The van der Waals surface area contributed by atoms with E-state index in [0.29, 0.717) is 18.0 Å². The molecule has 1 fully saturated rings. The van der Waals surface area contributed by atoms with E-state index in [-0.39, 0.29) is 12.5 Å². The van der Waals surface area contributed by atoms with Gasteiger partial charge in [0.2, 0.25) is 10.0 Å². The van der Waals surface area contributed by atoms with Crippen LogP contribution in [0.25, 0.3) is 0 Å². The first kappa shape index (κ1) is 18.9. The van der Waals surface area contributed by atoms with Gasteiger partial charge in [0, 0.05) is 19.6 Å². The minimum Gasteiger partial charge on any atom is -0.476 e. The number of sulfonamides is 1. The van der Waals surface area contributed by atoms with Gasteiger partial charge in [-0.2, -0.15) is 0 Å². The highest BCUT2D eigenvalue weighted by Gasteiger charge is 2.34. The Morgan fingerprint density at radius 2 is 2.00 bits per heavy atom. The van der Waals surface area contributed by atoms with Gasteiger partial charge in [-0.25, -0.2) is 8.42 Å². The standard InChI is InChI=1S/C17H25N3O5S/c1-26(22,23)20-13-16(25-15-6-3-2-5-14(15)20)17(21)18-7-4-8-19-9-11-24-12-10-19/h2-3,5-6,16H,4,7-13H2,1H3,(H,18,21)/t16-/m0/s1. The van der Waals surface area contributed by atoms with Crippen LogP contribution < -0.4 is 14.4 Å². The van der Waals surface area contributed by atoms with E-state index in [1.165, 1.54) is 4.31 Å². The van der Waals surface area contributed by atoms with Crippen molar-refractivity contribution >= 4 is 21.6 Å². The quantitative estimate of drug-likeness (QED) is 0.699. The second-order valence-electron chi connectivity index (χ2n) is 6.47. The molecule has 2 aliphatic rings. The number of morpholine rings is 1. The molecule has 8 nitrogen and oxygen atoms in total. The number of hydrogen-bond donors (Lipinski definition) is 1. The van der Waals surface area contributed by atoms with Crippen LogP contribution in [0.3, 0.4) is 0 Å². The lowest BCUT2D eigenvalue weighted by molar-refractivity contribution is -0.127. The Morgan fingerprint density at radius 3 is 2.73 bits per heavy atom. The predicted octanol–water partition coefficient (Wildman–Crippen LogP) is 0.0521. The van der Waals surface area contributed by atoms with Gasteiger partial charge in [-0.15, -0.1) is 0 Å². The van der Waals surface area contributed by atoms with Crippen molar-refractivity contribution in [2.24, 2.45) is 0 Å². The van der Waals surface area contributed by atoms with E-state index in [9.17, 15) is 13.2 Å². The maximum absolute atomic E-state index is 12.4. The number of para-hydroxylation sites is 2. The fraction of sp³-hybridized carbons (Fsp3) is 0.588.